The van der Waals surface area contributed by atoms with E-state index in [-0.39, 0.29) is 11.9 Å². The van der Waals surface area contributed by atoms with Gasteiger partial charge >= 0.3 is 0 Å². The maximum Gasteiger partial charge on any atom is 0.227 e. The number of anilines is 1. The van der Waals surface area contributed by atoms with Gasteiger partial charge in [0.25, 0.3) is 0 Å². The van der Waals surface area contributed by atoms with Crippen LogP contribution in [-0.2, 0) is 9.53 Å². The van der Waals surface area contributed by atoms with E-state index in [2.05, 4.69) is 34.7 Å². The predicted molar refractivity (Wildman–Crippen MR) is 86.0 cm³/mol. The van der Waals surface area contributed by atoms with Crippen LogP contribution in [0.15, 0.2) is 17.5 Å². The van der Waals surface area contributed by atoms with Gasteiger partial charge in [-0.3, -0.25) is 4.79 Å². The van der Waals surface area contributed by atoms with Crippen molar-refractivity contribution in [1.29, 1.82) is 0 Å². The van der Waals surface area contributed by atoms with Gasteiger partial charge in [0.15, 0.2) is 5.13 Å². The van der Waals surface area contributed by atoms with Crippen LogP contribution in [0.5, 0.6) is 0 Å². The van der Waals surface area contributed by atoms with Gasteiger partial charge in [0.2, 0.25) is 5.91 Å². The molecule has 0 spiro atoms. The SMILES string of the molecule is Cc1ccc(-c2csc(NC(=O)CC3COCCN3)n2)s1. The van der Waals surface area contributed by atoms with Crippen molar-refractivity contribution in [3.63, 3.8) is 0 Å². The fraction of sp³-hybridized carbons (Fsp3) is 0.429. The van der Waals surface area contributed by atoms with E-state index in [1.54, 1.807) is 11.3 Å². The first-order valence-corrected chi connectivity index (χ1v) is 8.53. The number of rotatable bonds is 4. The Morgan fingerprint density at radius 2 is 2.48 bits per heavy atom. The number of hydrogen-bond acceptors (Lipinski definition) is 6. The standard InChI is InChI=1S/C14H17N3O2S2/c1-9-2-3-12(21-9)11-8-20-14(16-11)17-13(18)6-10-7-19-5-4-15-10/h2-3,8,10,15H,4-7H2,1H3,(H,16,17,18). The molecule has 5 nitrogen and oxygen atoms in total. The second-order valence-corrected chi connectivity index (χ2v) is 7.07. The molecule has 2 N–H and O–H groups in total. The van der Waals surface area contributed by atoms with E-state index in [0.717, 1.165) is 17.1 Å². The molecule has 7 heteroatoms. The van der Waals surface area contributed by atoms with E-state index >= 15 is 0 Å². The molecule has 1 aliphatic rings. The topological polar surface area (TPSA) is 63.2 Å². The van der Waals surface area contributed by atoms with Crippen LogP contribution in [0.1, 0.15) is 11.3 Å². The molecule has 112 valence electrons. The van der Waals surface area contributed by atoms with Crippen molar-refractivity contribution in [3.05, 3.63) is 22.4 Å². The minimum atomic E-state index is -0.0266. The molecule has 0 aliphatic carbocycles. The van der Waals surface area contributed by atoms with Gasteiger partial charge in [-0.1, -0.05) is 0 Å². The van der Waals surface area contributed by atoms with Gasteiger partial charge in [0.1, 0.15) is 0 Å². The maximum absolute atomic E-state index is 12.0. The molecule has 1 fully saturated rings. The van der Waals surface area contributed by atoms with Crippen molar-refractivity contribution < 1.29 is 9.53 Å². The molecule has 3 rings (SSSR count). The number of ether oxygens (including phenoxy) is 1. The van der Waals surface area contributed by atoms with Crippen molar-refractivity contribution in [2.24, 2.45) is 0 Å². The number of amides is 1. The number of carbonyl (C=O) groups excluding carboxylic acids is 1. The molecule has 2 aromatic rings. The molecule has 1 aliphatic heterocycles. The Morgan fingerprint density at radius 3 is 3.19 bits per heavy atom. The summed E-state index contributed by atoms with van der Waals surface area (Å²) in [7, 11) is 0. The second-order valence-electron chi connectivity index (χ2n) is 4.93. The minimum Gasteiger partial charge on any atom is -0.378 e. The smallest absolute Gasteiger partial charge is 0.227 e. The van der Waals surface area contributed by atoms with Crippen molar-refractivity contribution in [1.82, 2.24) is 10.3 Å². The van der Waals surface area contributed by atoms with Gasteiger partial charge in [-0.2, -0.15) is 0 Å². The number of hydrogen-bond donors (Lipinski definition) is 2. The molecule has 0 saturated carbocycles. The molecule has 21 heavy (non-hydrogen) atoms. The summed E-state index contributed by atoms with van der Waals surface area (Å²) < 4.78 is 5.34. The molecule has 3 heterocycles. The van der Waals surface area contributed by atoms with Gasteiger partial charge in [0.05, 0.1) is 23.8 Å². The third kappa shape index (κ3) is 3.88. The molecule has 1 atom stereocenters. The second kappa shape index (κ2) is 6.65. The third-order valence-electron chi connectivity index (χ3n) is 3.17. The van der Waals surface area contributed by atoms with Crippen LogP contribution in [-0.4, -0.2) is 36.7 Å². The lowest BCUT2D eigenvalue weighted by molar-refractivity contribution is -0.117. The predicted octanol–water partition coefficient (Wildman–Crippen LogP) is 2.50. The van der Waals surface area contributed by atoms with E-state index in [1.807, 2.05) is 5.38 Å². The van der Waals surface area contributed by atoms with E-state index in [0.29, 0.717) is 24.8 Å². The van der Waals surface area contributed by atoms with Gasteiger partial charge in [-0.15, -0.1) is 22.7 Å². The average Bonchev–Trinajstić information content (AvgIpc) is 3.09. The Balaban J connectivity index is 1.57. The Kier molecular flexibility index (Phi) is 4.64. The molecule has 0 aromatic carbocycles. The summed E-state index contributed by atoms with van der Waals surface area (Å²) in [5, 5.41) is 8.76. The zero-order valence-electron chi connectivity index (χ0n) is 11.7. The highest BCUT2D eigenvalue weighted by Crippen LogP contribution is 2.30. The fourth-order valence-electron chi connectivity index (χ4n) is 2.16. The first-order valence-electron chi connectivity index (χ1n) is 6.84. The lowest BCUT2D eigenvalue weighted by Gasteiger charge is -2.22. The van der Waals surface area contributed by atoms with Crippen molar-refractivity contribution >= 4 is 33.7 Å². The molecule has 0 bridgehead atoms. The zero-order valence-corrected chi connectivity index (χ0v) is 13.4. The number of nitrogens with one attached hydrogen (secondary N) is 2. The van der Waals surface area contributed by atoms with Crippen molar-refractivity contribution in [2.45, 2.75) is 19.4 Å². The fourth-order valence-corrected chi connectivity index (χ4v) is 3.79. The van der Waals surface area contributed by atoms with Gasteiger partial charge < -0.3 is 15.4 Å². The summed E-state index contributed by atoms with van der Waals surface area (Å²) in [6, 6.07) is 4.23. The number of carbonyl (C=O) groups is 1. The Labute approximate surface area is 131 Å². The molecule has 0 radical (unpaired) electrons. The minimum absolute atomic E-state index is 0.0266. The van der Waals surface area contributed by atoms with E-state index < -0.39 is 0 Å². The normalized spacial score (nSPS) is 18.6. The lowest BCUT2D eigenvalue weighted by Crippen LogP contribution is -2.43. The van der Waals surface area contributed by atoms with E-state index in [4.69, 9.17) is 4.74 Å². The maximum atomic E-state index is 12.0. The third-order valence-corrected chi connectivity index (χ3v) is 4.95. The average molecular weight is 323 g/mol. The van der Waals surface area contributed by atoms with Crippen molar-refractivity contribution in [2.75, 3.05) is 25.1 Å². The molecular formula is C14H17N3O2S2. The van der Waals surface area contributed by atoms with Crippen LogP contribution in [0.25, 0.3) is 10.6 Å². The monoisotopic (exact) mass is 323 g/mol. The summed E-state index contributed by atoms with van der Waals surface area (Å²) >= 11 is 3.16. The van der Waals surface area contributed by atoms with Crippen LogP contribution in [0.2, 0.25) is 0 Å². The largest absolute Gasteiger partial charge is 0.378 e. The zero-order chi connectivity index (χ0) is 14.7. The number of nitrogens with zero attached hydrogens (tertiary/aromatic N) is 1. The van der Waals surface area contributed by atoms with Crippen LogP contribution in [0.3, 0.4) is 0 Å². The first kappa shape index (κ1) is 14.6. The lowest BCUT2D eigenvalue weighted by atomic mass is 10.2. The summed E-state index contributed by atoms with van der Waals surface area (Å²) in [6.45, 7) is 4.18. The van der Waals surface area contributed by atoms with Gasteiger partial charge in [0, 0.05) is 29.3 Å². The number of thiazole rings is 1. The summed E-state index contributed by atoms with van der Waals surface area (Å²) in [5.41, 5.74) is 0.924. The highest BCUT2D eigenvalue weighted by atomic mass is 32.1. The van der Waals surface area contributed by atoms with Crippen LogP contribution in [0.4, 0.5) is 5.13 Å². The number of thiophene rings is 1. The highest BCUT2D eigenvalue weighted by molar-refractivity contribution is 7.17. The van der Waals surface area contributed by atoms with Gasteiger partial charge in [-0.25, -0.2) is 4.98 Å². The molecule has 1 amide bonds. The Bertz CT molecular complexity index is 617. The van der Waals surface area contributed by atoms with Crippen LogP contribution in [0, 0.1) is 6.92 Å². The first-order chi connectivity index (χ1) is 10.2. The van der Waals surface area contributed by atoms with Crippen molar-refractivity contribution in [3.8, 4) is 10.6 Å². The summed E-state index contributed by atoms with van der Waals surface area (Å²) in [5.74, 6) is -0.0266. The van der Waals surface area contributed by atoms with Gasteiger partial charge in [-0.05, 0) is 19.1 Å². The molecule has 1 unspecified atom stereocenters. The number of aryl methyl sites for hydroxylation is 1. The van der Waals surface area contributed by atoms with E-state index in [1.165, 1.54) is 16.2 Å². The molecule has 2 aromatic heterocycles. The quantitative estimate of drug-likeness (QED) is 0.907. The highest BCUT2D eigenvalue weighted by Gasteiger charge is 2.17. The Hall–Kier alpha value is -1.28. The molecular weight excluding hydrogens is 306 g/mol. The van der Waals surface area contributed by atoms with E-state index in [9.17, 15) is 4.79 Å². The summed E-state index contributed by atoms with van der Waals surface area (Å²) in [4.78, 5) is 18.9. The number of aromatic nitrogens is 1. The summed E-state index contributed by atoms with van der Waals surface area (Å²) in [6.07, 6.45) is 0.410. The molecule has 1 saturated heterocycles. The van der Waals surface area contributed by atoms with Crippen LogP contribution >= 0.6 is 22.7 Å². The van der Waals surface area contributed by atoms with Crippen LogP contribution < -0.4 is 10.6 Å². The number of morpholine rings is 1. The Morgan fingerprint density at radius 1 is 1.57 bits per heavy atom.